The number of carbonyl (C=O) groups is 4. The van der Waals surface area contributed by atoms with Crippen molar-refractivity contribution in [1.82, 2.24) is 20.0 Å². The minimum atomic E-state index is -0.921. The predicted octanol–water partition coefficient (Wildman–Crippen LogP) is 1.55. The van der Waals surface area contributed by atoms with E-state index in [0.29, 0.717) is 26.2 Å². The van der Waals surface area contributed by atoms with Gasteiger partial charge in [0.15, 0.2) is 0 Å². The van der Waals surface area contributed by atoms with Gasteiger partial charge in [0.2, 0.25) is 23.6 Å². The summed E-state index contributed by atoms with van der Waals surface area (Å²) in [6.45, 7) is 4.42. The number of rotatable bonds is 3. The van der Waals surface area contributed by atoms with E-state index in [1.165, 1.54) is 23.3 Å². The van der Waals surface area contributed by atoms with E-state index in [-0.39, 0.29) is 29.5 Å². The molecule has 8 nitrogen and oxygen atoms in total. The molecule has 33 heavy (non-hydrogen) atoms. The highest BCUT2D eigenvalue weighted by molar-refractivity contribution is 7.10. The summed E-state index contributed by atoms with van der Waals surface area (Å²) in [5, 5.41) is 5.21. The number of piperazine rings is 1. The third-order valence-corrected chi connectivity index (χ3v) is 9.05. The number of amides is 4. The largest absolute Gasteiger partial charge is 0.338 e. The Morgan fingerprint density at radius 3 is 2.30 bits per heavy atom. The molecule has 4 amide bonds. The van der Waals surface area contributed by atoms with Crippen LogP contribution < -0.4 is 5.32 Å². The number of fused-ring (bicyclic) bond motifs is 1. The van der Waals surface area contributed by atoms with Gasteiger partial charge in [-0.05, 0) is 36.8 Å². The second-order valence-electron chi connectivity index (χ2n) is 9.80. The molecule has 3 saturated heterocycles. The zero-order valence-electron chi connectivity index (χ0n) is 19.3. The third kappa shape index (κ3) is 3.60. The SMILES string of the molecule is Cc1ccsc1C1C2C(=O)N(C)C(=O)C2C(C(=O)N2CCNCC2)N1C(=O)C1CCCCC1. The molecule has 4 aliphatic rings. The van der Waals surface area contributed by atoms with Crippen molar-refractivity contribution in [3.63, 3.8) is 0 Å². The Labute approximate surface area is 198 Å². The van der Waals surface area contributed by atoms with Gasteiger partial charge < -0.3 is 15.1 Å². The number of nitrogens with zero attached hydrogens (tertiary/aromatic N) is 3. The Balaban J connectivity index is 1.62. The monoisotopic (exact) mass is 472 g/mol. The van der Waals surface area contributed by atoms with E-state index in [9.17, 15) is 19.2 Å². The average Bonchev–Trinajstić information content (AvgIpc) is 3.48. The van der Waals surface area contributed by atoms with Crippen LogP contribution in [0.4, 0.5) is 0 Å². The molecule has 1 aromatic heterocycles. The number of likely N-dealkylation sites (tertiary alicyclic amines) is 2. The molecule has 5 rings (SSSR count). The normalized spacial score (nSPS) is 30.8. The van der Waals surface area contributed by atoms with Crippen LogP contribution in [0.15, 0.2) is 11.4 Å². The summed E-state index contributed by atoms with van der Waals surface area (Å²) >= 11 is 1.51. The van der Waals surface area contributed by atoms with Crippen molar-refractivity contribution < 1.29 is 19.2 Å². The number of thiophene rings is 1. The topological polar surface area (TPSA) is 90.0 Å². The highest BCUT2D eigenvalue weighted by atomic mass is 32.1. The second kappa shape index (κ2) is 8.83. The Hall–Kier alpha value is -2.26. The first-order valence-electron chi connectivity index (χ1n) is 12.1. The van der Waals surface area contributed by atoms with Gasteiger partial charge in [0.1, 0.15) is 6.04 Å². The van der Waals surface area contributed by atoms with Gasteiger partial charge in [-0.25, -0.2) is 0 Å². The lowest BCUT2D eigenvalue weighted by Gasteiger charge is -2.38. The van der Waals surface area contributed by atoms with E-state index in [1.54, 1.807) is 9.80 Å². The zero-order valence-corrected chi connectivity index (χ0v) is 20.1. The maximum Gasteiger partial charge on any atom is 0.246 e. The minimum absolute atomic E-state index is 0.0568. The summed E-state index contributed by atoms with van der Waals surface area (Å²) in [6.07, 6.45) is 4.72. The number of hydrogen-bond acceptors (Lipinski definition) is 6. The summed E-state index contributed by atoms with van der Waals surface area (Å²) in [7, 11) is 1.50. The van der Waals surface area contributed by atoms with Gasteiger partial charge in [0.25, 0.3) is 0 Å². The van der Waals surface area contributed by atoms with Gasteiger partial charge in [-0.15, -0.1) is 11.3 Å². The van der Waals surface area contributed by atoms with Crippen molar-refractivity contribution >= 4 is 35.0 Å². The van der Waals surface area contributed by atoms with Crippen molar-refractivity contribution in [2.24, 2.45) is 17.8 Å². The molecule has 0 spiro atoms. The minimum Gasteiger partial charge on any atom is -0.338 e. The lowest BCUT2D eigenvalue weighted by Crippen LogP contribution is -2.57. The van der Waals surface area contributed by atoms with Gasteiger partial charge in [-0.3, -0.25) is 24.1 Å². The summed E-state index contributed by atoms with van der Waals surface area (Å²) in [6, 6.07) is 0.493. The van der Waals surface area contributed by atoms with Crippen LogP contribution in [0.1, 0.15) is 48.6 Å². The van der Waals surface area contributed by atoms with Gasteiger partial charge in [0.05, 0.1) is 17.9 Å². The van der Waals surface area contributed by atoms with E-state index in [4.69, 9.17) is 0 Å². The van der Waals surface area contributed by atoms with E-state index in [2.05, 4.69) is 5.32 Å². The number of imide groups is 1. The summed E-state index contributed by atoms with van der Waals surface area (Å²) < 4.78 is 0. The highest BCUT2D eigenvalue weighted by Crippen LogP contribution is 2.52. The molecule has 0 radical (unpaired) electrons. The van der Waals surface area contributed by atoms with Gasteiger partial charge in [-0.1, -0.05) is 19.3 Å². The smallest absolute Gasteiger partial charge is 0.246 e. The van der Waals surface area contributed by atoms with Crippen LogP contribution in [0.5, 0.6) is 0 Å². The van der Waals surface area contributed by atoms with Crippen molar-refractivity contribution in [1.29, 1.82) is 0 Å². The number of hydrogen-bond donors (Lipinski definition) is 1. The van der Waals surface area contributed by atoms with Crippen molar-refractivity contribution in [2.75, 3.05) is 33.2 Å². The Morgan fingerprint density at radius 2 is 1.67 bits per heavy atom. The number of nitrogens with one attached hydrogen (secondary N) is 1. The van der Waals surface area contributed by atoms with Crippen LogP contribution in [0.3, 0.4) is 0 Å². The fraction of sp³-hybridized carbons (Fsp3) is 0.667. The van der Waals surface area contributed by atoms with Crippen LogP contribution in [0.2, 0.25) is 0 Å². The molecule has 4 unspecified atom stereocenters. The molecular weight excluding hydrogens is 440 g/mol. The van der Waals surface area contributed by atoms with E-state index < -0.39 is 23.9 Å². The first kappa shape index (κ1) is 22.5. The molecule has 0 bridgehead atoms. The maximum atomic E-state index is 14.1. The van der Waals surface area contributed by atoms with E-state index in [0.717, 1.165) is 42.5 Å². The van der Waals surface area contributed by atoms with Crippen molar-refractivity contribution in [3.05, 3.63) is 21.9 Å². The molecule has 1 N–H and O–H groups in total. The highest BCUT2D eigenvalue weighted by Gasteiger charge is 2.66. The molecule has 0 aromatic carbocycles. The molecular formula is C24H32N4O4S. The molecule has 3 aliphatic heterocycles. The second-order valence-corrected chi connectivity index (χ2v) is 10.7. The predicted molar refractivity (Wildman–Crippen MR) is 123 cm³/mol. The lowest BCUT2D eigenvalue weighted by atomic mass is 9.87. The van der Waals surface area contributed by atoms with Crippen LogP contribution in [-0.4, -0.2) is 77.6 Å². The number of aryl methyl sites for hydroxylation is 1. The molecule has 9 heteroatoms. The van der Waals surface area contributed by atoms with Crippen LogP contribution in [0.25, 0.3) is 0 Å². The lowest BCUT2D eigenvalue weighted by molar-refractivity contribution is -0.153. The first-order valence-corrected chi connectivity index (χ1v) is 13.0. The van der Waals surface area contributed by atoms with Crippen LogP contribution in [0, 0.1) is 24.7 Å². The third-order valence-electron chi connectivity index (χ3n) is 7.96. The van der Waals surface area contributed by atoms with E-state index >= 15 is 0 Å². The summed E-state index contributed by atoms with van der Waals surface area (Å²) in [5.41, 5.74) is 0.996. The van der Waals surface area contributed by atoms with Crippen molar-refractivity contribution in [3.8, 4) is 0 Å². The van der Waals surface area contributed by atoms with E-state index in [1.807, 2.05) is 18.4 Å². The quantitative estimate of drug-likeness (QED) is 0.675. The van der Waals surface area contributed by atoms with Crippen LogP contribution >= 0.6 is 11.3 Å². The summed E-state index contributed by atoms with van der Waals surface area (Å²) in [4.78, 5) is 60.2. The molecule has 1 saturated carbocycles. The molecule has 4 heterocycles. The standard InChI is InChI=1S/C24H32N4O4S/c1-14-8-13-33-20(14)18-16-17(23(31)26(2)22(16)30)19(24(32)27-11-9-25-10-12-27)28(18)21(29)15-6-4-3-5-7-15/h8,13,15-19,25H,3-7,9-12H2,1-2H3. The average molecular weight is 473 g/mol. The molecule has 4 atom stereocenters. The van der Waals surface area contributed by atoms with Gasteiger partial charge in [-0.2, -0.15) is 0 Å². The molecule has 4 fully saturated rings. The van der Waals surface area contributed by atoms with Gasteiger partial charge >= 0.3 is 0 Å². The Kier molecular flexibility index (Phi) is 6.03. The van der Waals surface area contributed by atoms with Crippen LogP contribution in [-0.2, 0) is 19.2 Å². The zero-order chi connectivity index (χ0) is 23.3. The van der Waals surface area contributed by atoms with Gasteiger partial charge in [0, 0.05) is 44.0 Å². The fourth-order valence-electron chi connectivity index (χ4n) is 6.20. The Bertz CT molecular complexity index is 965. The molecule has 1 aromatic rings. The summed E-state index contributed by atoms with van der Waals surface area (Å²) in [5.74, 6) is -2.53. The molecule has 178 valence electrons. The Morgan fingerprint density at radius 1 is 1.00 bits per heavy atom. The molecule has 1 aliphatic carbocycles. The fourth-order valence-corrected chi connectivity index (χ4v) is 7.27. The van der Waals surface area contributed by atoms with Crippen molar-refractivity contribution in [2.45, 2.75) is 51.1 Å². The number of carbonyl (C=O) groups excluding carboxylic acids is 4. The first-order chi connectivity index (χ1) is 15.9. The maximum absolute atomic E-state index is 14.1.